The molecule has 1 amide bonds. The SMILES string of the molecule is C/C(=N\OC(=O)N(C)CC1CC(C)CN1)[C@H]1CC[C@H]2[C@@H]3CC[C@H]4C[C@H](O)CC[C@]4(C)[C@H]3CC[C@]12C. The summed E-state index contributed by atoms with van der Waals surface area (Å²) in [6.45, 7) is 11.1. The predicted octanol–water partition coefficient (Wildman–Crippen LogP) is 5.45. The van der Waals surface area contributed by atoms with Crippen LogP contribution in [0.2, 0.25) is 0 Å². The van der Waals surface area contributed by atoms with Crippen LogP contribution >= 0.6 is 0 Å². The number of nitrogens with one attached hydrogen (secondary N) is 1. The third kappa shape index (κ3) is 4.56. The quantitative estimate of drug-likeness (QED) is 0.314. The van der Waals surface area contributed by atoms with Crippen molar-refractivity contribution in [2.75, 3.05) is 20.1 Å². The monoisotopic (exact) mass is 487 g/mol. The van der Waals surface area contributed by atoms with E-state index in [-0.39, 0.29) is 17.6 Å². The fourth-order valence-corrected chi connectivity index (χ4v) is 9.73. The molecule has 6 heteroatoms. The van der Waals surface area contributed by atoms with Gasteiger partial charge in [-0.15, -0.1) is 0 Å². The molecule has 1 saturated heterocycles. The molecule has 0 bridgehead atoms. The number of aliphatic hydroxyl groups is 1. The maximum Gasteiger partial charge on any atom is 0.435 e. The van der Waals surface area contributed by atoms with E-state index in [2.05, 4.69) is 38.2 Å². The fraction of sp³-hybridized carbons (Fsp3) is 0.931. The van der Waals surface area contributed by atoms with E-state index in [0.717, 1.165) is 55.7 Å². The summed E-state index contributed by atoms with van der Waals surface area (Å²) in [5.74, 6) is 4.13. The number of carbonyl (C=O) groups excluding carboxylic acids is 1. The first kappa shape index (κ1) is 25.5. The van der Waals surface area contributed by atoms with Crippen LogP contribution in [0, 0.1) is 46.3 Å². The topological polar surface area (TPSA) is 74.2 Å². The standard InChI is InChI=1S/C29H49N3O3/c1-18-14-21(30-16-18)17-32(5)27(34)35-31-19(2)24-8-9-25-23-7-6-20-15-22(33)10-12-28(20,3)26(23)11-13-29(24,25)4/h18,20-26,30,33H,6-17H2,1-5H3/b31-19+/t18?,20-,21?,22+,23-,24+,25-,26-,28-,29+/m0/s1. The van der Waals surface area contributed by atoms with Crippen molar-refractivity contribution in [1.82, 2.24) is 10.2 Å². The number of hydrogen-bond acceptors (Lipinski definition) is 5. The molecular weight excluding hydrogens is 438 g/mol. The van der Waals surface area contributed by atoms with Gasteiger partial charge < -0.3 is 15.3 Å². The molecule has 0 spiro atoms. The summed E-state index contributed by atoms with van der Waals surface area (Å²) in [6, 6.07) is 0.349. The number of rotatable bonds is 4. The zero-order valence-corrected chi connectivity index (χ0v) is 22.8. The van der Waals surface area contributed by atoms with Crippen molar-refractivity contribution in [3.05, 3.63) is 0 Å². The first-order valence-corrected chi connectivity index (χ1v) is 14.5. The molecule has 0 aromatic carbocycles. The second kappa shape index (κ2) is 9.63. The van der Waals surface area contributed by atoms with Crippen LogP contribution in [0.1, 0.15) is 91.9 Å². The fourth-order valence-electron chi connectivity index (χ4n) is 9.73. The van der Waals surface area contributed by atoms with Gasteiger partial charge in [0, 0.05) is 25.6 Å². The molecule has 10 atom stereocenters. The molecule has 198 valence electrons. The van der Waals surface area contributed by atoms with E-state index < -0.39 is 0 Å². The average molecular weight is 488 g/mol. The van der Waals surface area contributed by atoms with E-state index in [1.165, 1.54) is 38.5 Å². The minimum absolute atomic E-state index is 0.0760. The summed E-state index contributed by atoms with van der Waals surface area (Å²) in [7, 11) is 1.81. The van der Waals surface area contributed by atoms with E-state index >= 15 is 0 Å². The van der Waals surface area contributed by atoms with E-state index in [1.54, 1.807) is 4.90 Å². The zero-order valence-electron chi connectivity index (χ0n) is 22.8. The van der Waals surface area contributed by atoms with Crippen molar-refractivity contribution in [3.8, 4) is 0 Å². The first-order chi connectivity index (χ1) is 16.6. The van der Waals surface area contributed by atoms with Crippen LogP contribution in [-0.2, 0) is 4.84 Å². The van der Waals surface area contributed by atoms with Gasteiger partial charge in [0.15, 0.2) is 0 Å². The smallest absolute Gasteiger partial charge is 0.393 e. The lowest BCUT2D eigenvalue weighted by Crippen LogP contribution is -2.54. The molecular formula is C29H49N3O3. The molecule has 5 fully saturated rings. The Morgan fingerprint density at radius 3 is 2.54 bits per heavy atom. The van der Waals surface area contributed by atoms with Gasteiger partial charge in [0.25, 0.3) is 0 Å². The van der Waals surface area contributed by atoms with Gasteiger partial charge in [-0.3, -0.25) is 4.84 Å². The molecule has 0 aromatic rings. The molecule has 4 saturated carbocycles. The molecule has 5 rings (SSSR count). The molecule has 2 N–H and O–H groups in total. The average Bonchev–Trinajstić information content (AvgIpc) is 3.39. The van der Waals surface area contributed by atoms with E-state index in [0.29, 0.717) is 35.8 Å². The molecule has 0 aromatic heterocycles. The summed E-state index contributed by atoms with van der Waals surface area (Å²) in [5.41, 5.74) is 1.67. The summed E-state index contributed by atoms with van der Waals surface area (Å²) in [4.78, 5) is 19.8. The molecule has 4 aliphatic carbocycles. The molecule has 6 nitrogen and oxygen atoms in total. The maximum absolute atomic E-state index is 12.6. The summed E-state index contributed by atoms with van der Waals surface area (Å²) < 4.78 is 0. The summed E-state index contributed by atoms with van der Waals surface area (Å²) in [6.07, 6.45) is 11.5. The Morgan fingerprint density at radius 1 is 1.06 bits per heavy atom. The van der Waals surface area contributed by atoms with Gasteiger partial charge in [0.2, 0.25) is 0 Å². The molecule has 35 heavy (non-hydrogen) atoms. The van der Waals surface area contributed by atoms with Gasteiger partial charge in [0.1, 0.15) is 0 Å². The van der Waals surface area contributed by atoms with E-state index in [4.69, 9.17) is 4.84 Å². The van der Waals surface area contributed by atoms with Gasteiger partial charge in [-0.2, -0.15) is 0 Å². The Hall–Kier alpha value is -1.14. The third-order valence-electron chi connectivity index (χ3n) is 11.7. The molecule has 2 unspecified atom stereocenters. The maximum atomic E-state index is 12.6. The molecule has 1 aliphatic heterocycles. The van der Waals surface area contributed by atoms with Crippen molar-refractivity contribution in [3.63, 3.8) is 0 Å². The van der Waals surface area contributed by atoms with Gasteiger partial charge in [-0.1, -0.05) is 25.9 Å². The van der Waals surface area contributed by atoms with Crippen LogP contribution in [0.4, 0.5) is 4.79 Å². The Bertz CT molecular complexity index is 832. The Balaban J connectivity index is 1.22. The largest absolute Gasteiger partial charge is 0.435 e. The Labute approximate surface area is 212 Å². The van der Waals surface area contributed by atoms with Crippen LogP contribution < -0.4 is 5.32 Å². The number of hydrogen-bond donors (Lipinski definition) is 2. The van der Waals surface area contributed by atoms with Crippen LogP contribution in [0.25, 0.3) is 0 Å². The van der Waals surface area contributed by atoms with Gasteiger partial charge in [-0.25, -0.2) is 4.79 Å². The summed E-state index contributed by atoms with van der Waals surface area (Å²) in [5, 5.41) is 18.2. The second-order valence-electron chi connectivity index (χ2n) is 13.7. The summed E-state index contributed by atoms with van der Waals surface area (Å²) >= 11 is 0. The van der Waals surface area contributed by atoms with Crippen LogP contribution in [-0.4, -0.2) is 54.1 Å². The second-order valence-corrected chi connectivity index (χ2v) is 13.7. The molecule has 1 heterocycles. The van der Waals surface area contributed by atoms with Crippen LogP contribution in [0.5, 0.6) is 0 Å². The number of amides is 1. The van der Waals surface area contributed by atoms with Gasteiger partial charge >= 0.3 is 6.09 Å². The van der Waals surface area contributed by atoms with Crippen molar-refractivity contribution in [2.24, 2.45) is 51.5 Å². The van der Waals surface area contributed by atoms with E-state index in [1.807, 2.05) is 7.05 Å². The van der Waals surface area contributed by atoms with Gasteiger partial charge in [-0.05, 0) is 118 Å². The van der Waals surface area contributed by atoms with E-state index in [9.17, 15) is 9.90 Å². The minimum Gasteiger partial charge on any atom is -0.393 e. The number of nitrogens with zero attached hydrogens (tertiary/aromatic N) is 2. The Morgan fingerprint density at radius 2 is 1.80 bits per heavy atom. The van der Waals surface area contributed by atoms with Crippen molar-refractivity contribution < 1.29 is 14.7 Å². The zero-order chi connectivity index (χ0) is 25.0. The predicted molar refractivity (Wildman–Crippen MR) is 139 cm³/mol. The van der Waals surface area contributed by atoms with Crippen molar-refractivity contribution >= 4 is 11.8 Å². The van der Waals surface area contributed by atoms with Gasteiger partial charge in [0.05, 0.1) is 11.8 Å². The first-order valence-electron chi connectivity index (χ1n) is 14.5. The number of fused-ring (bicyclic) bond motifs is 5. The number of carbonyl (C=O) groups is 1. The van der Waals surface area contributed by atoms with Crippen LogP contribution in [0.15, 0.2) is 5.16 Å². The molecule has 5 aliphatic rings. The highest BCUT2D eigenvalue weighted by atomic mass is 16.7. The highest BCUT2D eigenvalue weighted by Crippen LogP contribution is 2.67. The normalized spacial score (nSPS) is 47.5. The minimum atomic E-state index is -0.347. The highest BCUT2D eigenvalue weighted by Gasteiger charge is 2.60. The number of aliphatic hydroxyl groups excluding tert-OH is 1. The lowest BCUT2D eigenvalue weighted by Gasteiger charge is -2.61. The number of likely N-dealkylation sites (N-methyl/N-ethyl adjacent to an activating group) is 1. The lowest BCUT2D eigenvalue weighted by molar-refractivity contribution is -0.123. The lowest BCUT2D eigenvalue weighted by atomic mass is 9.44. The third-order valence-corrected chi connectivity index (χ3v) is 11.7. The van der Waals surface area contributed by atoms with Crippen LogP contribution in [0.3, 0.4) is 0 Å². The molecule has 0 radical (unpaired) electrons. The number of oxime groups is 1. The van der Waals surface area contributed by atoms with Crippen molar-refractivity contribution in [2.45, 2.75) is 104 Å². The highest BCUT2D eigenvalue weighted by molar-refractivity contribution is 5.85. The Kier molecular flexibility index (Phi) is 7.02. The van der Waals surface area contributed by atoms with Crippen molar-refractivity contribution in [1.29, 1.82) is 0 Å².